The molecule has 5 N–H and O–H groups in total. The van der Waals surface area contributed by atoms with Gasteiger partial charge in [-0.2, -0.15) is 11.8 Å². The van der Waals surface area contributed by atoms with E-state index in [9.17, 15) is 14.4 Å². The molecule has 0 aromatic heterocycles. The van der Waals surface area contributed by atoms with Gasteiger partial charge in [0.1, 0.15) is 12.1 Å². The summed E-state index contributed by atoms with van der Waals surface area (Å²) in [6, 6.07) is -2.55. The first-order chi connectivity index (χ1) is 8.92. The maximum atomic E-state index is 11.9. The Morgan fingerprint density at radius 2 is 1.84 bits per heavy atom. The molecule has 0 rings (SSSR count). The Morgan fingerprint density at radius 3 is 2.26 bits per heavy atom. The van der Waals surface area contributed by atoms with Crippen LogP contribution in [0.25, 0.3) is 0 Å². The molecule has 0 bridgehead atoms. The summed E-state index contributed by atoms with van der Waals surface area (Å²) >= 11 is 1.52. The van der Waals surface area contributed by atoms with Crippen molar-refractivity contribution in [2.75, 3.05) is 12.0 Å². The maximum absolute atomic E-state index is 11.9. The first kappa shape index (κ1) is 17.6. The van der Waals surface area contributed by atoms with Crippen LogP contribution in [0.15, 0.2) is 0 Å². The summed E-state index contributed by atoms with van der Waals surface area (Å²) in [5.41, 5.74) is 5.00. The molecule has 0 aliphatic carbocycles. The number of nitrogens with two attached hydrogens (primary N) is 1. The average molecular weight is 291 g/mol. The minimum Gasteiger partial charge on any atom is -0.480 e. The molecule has 3 amide bonds. The van der Waals surface area contributed by atoms with E-state index in [-0.39, 0.29) is 0 Å². The standard InChI is InChI=1S/C11H21N3O4S/c1-3-4-8(10(16)17)13-9(15)7(5-6-19-2)14-11(12)18/h7-8H,3-6H2,1-2H3,(H,13,15)(H,16,17)(H3,12,14,18). The van der Waals surface area contributed by atoms with Gasteiger partial charge in [0.05, 0.1) is 0 Å². The van der Waals surface area contributed by atoms with Gasteiger partial charge < -0.3 is 21.5 Å². The zero-order chi connectivity index (χ0) is 14.8. The SMILES string of the molecule is CCCC(NC(=O)C(CCSC)NC(N)=O)C(=O)O. The first-order valence-corrected chi connectivity index (χ1v) is 7.39. The van der Waals surface area contributed by atoms with E-state index in [1.54, 1.807) is 0 Å². The van der Waals surface area contributed by atoms with Crippen molar-refractivity contribution in [3.8, 4) is 0 Å². The van der Waals surface area contributed by atoms with E-state index in [1.165, 1.54) is 11.8 Å². The highest BCUT2D eigenvalue weighted by atomic mass is 32.2. The van der Waals surface area contributed by atoms with Crippen molar-refractivity contribution in [1.82, 2.24) is 10.6 Å². The van der Waals surface area contributed by atoms with Crippen molar-refractivity contribution in [1.29, 1.82) is 0 Å². The number of carboxylic acids is 1. The predicted molar refractivity (Wildman–Crippen MR) is 74.0 cm³/mol. The van der Waals surface area contributed by atoms with Crippen LogP contribution in [0.1, 0.15) is 26.2 Å². The van der Waals surface area contributed by atoms with Gasteiger partial charge in [-0.25, -0.2) is 9.59 Å². The van der Waals surface area contributed by atoms with Gasteiger partial charge in [0, 0.05) is 0 Å². The maximum Gasteiger partial charge on any atom is 0.326 e. The van der Waals surface area contributed by atoms with Gasteiger partial charge in [0.15, 0.2) is 0 Å². The summed E-state index contributed by atoms with van der Waals surface area (Å²) < 4.78 is 0. The molecule has 0 radical (unpaired) electrons. The fourth-order valence-electron chi connectivity index (χ4n) is 1.49. The van der Waals surface area contributed by atoms with Crippen molar-refractivity contribution >= 4 is 29.7 Å². The summed E-state index contributed by atoms with van der Waals surface area (Å²) in [7, 11) is 0. The second-order valence-electron chi connectivity index (χ2n) is 4.03. The Kier molecular flexibility index (Phi) is 8.77. The van der Waals surface area contributed by atoms with Crippen LogP contribution < -0.4 is 16.4 Å². The van der Waals surface area contributed by atoms with Crippen molar-refractivity contribution in [2.45, 2.75) is 38.3 Å². The van der Waals surface area contributed by atoms with E-state index in [0.717, 1.165) is 0 Å². The normalized spacial score (nSPS) is 13.4. The molecule has 0 aliphatic rings. The van der Waals surface area contributed by atoms with Gasteiger partial charge >= 0.3 is 12.0 Å². The molecule has 2 unspecified atom stereocenters. The lowest BCUT2D eigenvalue weighted by Crippen LogP contribution is -2.52. The highest BCUT2D eigenvalue weighted by Crippen LogP contribution is 2.03. The Bertz CT molecular complexity index is 325. The smallest absolute Gasteiger partial charge is 0.326 e. The number of thioether (sulfide) groups is 1. The molecule has 19 heavy (non-hydrogen) atoms. The van der Waals surface area contributed by atoms with Crippen LogP contribution in [-0.4, -0.2) is 47.1 Å². The number of aliphatic carboxylic acids is 1. The number of urea groups is 1. The predicted octanol–water partition coefficient (Wildman–Crippen LogP) is 0.146. The molecule has 2 atom stereocenters. The summed E-state index contributed by atoms with van der Waals surface area (Å²) in [5, 5.41) is 13.7. The summed E-state index contributed by atoms with van der Waals surface area (Å²) in [6.45, 7) is 1.83. The molecular formula is C11H21N3O4S. The molecule has 0 aromatic carbocycles. The number of rotatable bonds is 9. The fraction of sp³-hybridized carbons (Fsp3) is 0.727. The van der Waals surface area contributed by atoms with Crippen LogP contribution in [0.5, 0.6) is 0 Å². The molecule has 110 valence electrons. The van der Waals surface area contributed by atoms with Crippen LogP contribution in [0, 0.1) is 0 Å². The topological polar surface area (TPSA) is 122 Å². The second kappa shape index (κ2) is 9.48. The van der Waals surface area contributed by atoms with E-state index in [1.807, 2.05) is 13.2 Å². The van der Waals surface area contributed by atoms with Crippen molar-refractivity contribution < 1.29 is 19.5 Å². The minimum atomic E-state index is -1.09. The molecule has 0 saturated carbocycles. The Balaban J connectivity index is 4.58. The number of primary amides is 1. The van der Waals surface area contributed by atoms with Gasteiger partial charge in [-0.1, -0.05) is 13.3 Å². The number of carboxylic acid groups (broad SMARTS) is 1. The minimum absolute atomic E-state index is 0.340. The summed E-state index contributed by atoms with van der Waals surface area (Å²) in [5.74, 6) is -0.948. The number of hydrogen-bond acceptors (Lipinski definition) is 4. The number of carbonyl (C=O) groups is 3. The molecule has 8 heteroatoms. The largest absolute Gasteiger partial charge is 0.480 e. The zero-order valence-electron chi connectivity index (χ0n) is 11.1. The molecular weight excluding hydrogens is 270 g/mol. The van der Waals surface area contributed by atoms with Gasteiger partial charge in [-0.05, 0) is 24.9 Å². The Morgan fingerprint density at radius 1 is 1.21 bits per heavy atom. The van der Waals surface area contributed by atoms with Crippen LogP contribution in [0.2, 0.25) is 0 Å². The lowest BCUT2D eigenvalue weighted by molar-refractivity contribution is -0.142. The quantitative estimate of drug-likeness (QED) is 0.481. The van der Waals surface area contributed by atoms with Crippen molar-refractivity contribution in [2.24, 2.45) is 5.73 Å². The van der Waals surface area contributed by atoms with Crippen LogP contribution in [-0.2, 0) is 9.59 Å². The van der Waals surface area contributed by atoms with Gasteiger partial charge in [0.2, 0.25) is 5.91 Å². The van der Waals surface area contributed by atoms with Gasteiger partial charge in [0.25, 0.3) is 0 Å². The molecule has 0 aromatic rings. The van der Waals surface area contributed by atoms with Crippen molar-refractivity contribution in [3.05, 3.63) is 0 Å². The molecule has 0 aliphatic heterocycles. The van der Waals surface area contributed by atoms with Crippen molar-refractivity contribution in [3.63, 3.8) is 0 Å². The monoisotopic (exact) mass is 291 g/mol. The van der Waals surface area contributed by atoms with E-state index in [4.69, 9.17) is 10.8 Å². The van der Waals surface area contributed by atoms with E-state index < -0.39 is 30.0 Å². The Hall–Kier alpha value is -1.44. The third kappa shape index (κ3) is 7.55. The molecule has 0 heterocycles. The number of hydrogen-bond donors (Lipinski definition) is 4. The zero-order valence-corrected chi connectivity index (χ0v) is 12.0. The summed E-state index contributed by atoms with van der Waals surface area (Å²) in [6.07, 6.45) is 3.24. The summed E-state index contributed by atoms with van der Waals surface area (Å²) in [4.78, 5) is 33.7. The van der Waals surface area contributed by atoms with Gasteiger partial charge in [-0.3, -0.25) is 4.79 Å². The third-order valence-corrected chi connectivity index (χ3v) is 3.08. The Labute approximate surface area is 116 Å². The molecule has 0 fully saturated rings. The lowest BCUT2D eigenvalue weighted by atomic mass is 10.1. The highest BCUT2D eigenvalue weighted by molar-refractivity contribution is 7.98. The number of nitrogens with one attached hydrogen (secondary N) is 2. The molecule has 7 nitrogen and oxygen atoms in total. The third-order valence-electron chi connectivity index (χ3n) is 2.44. The second-order valence-corrected chi connectivity index (χ2v) is 5.02. The number of amides is 3. The first-order valence-electron chi connectivity index (χ1n) is 6.00. The average Bonchev–Trinajstić information content (AvgIpc) is 2.33. The molecule has 0 saturated heterocycles. The van der Waals surface area contributed by atoms with Crippen LogP contribution >= 0.6 is 11.8 Å². The lowest BCUT2D eigenvalue weighted by Gasteiger charge is -2.20. The van der Waals surface area contributed by atoms with E-state index in [0.29, 0.717) is 25.0 Å². The van der Waals surface area contributed by atoms with Crippen LogP contribution in [0.3, 0.4) is 0 Å². The van der Waals surface area contributed by atoms with E-state index >= 15 is 0 Å². The number of carbonyl (C=O) groups excluding carboxylic acids is 2. The fourth-order valence-corrected chi connectivity index (χ4v) is 1.97. The van der Waals surface area contributed by atoms with Gasteiger partial charge in [-0.15, -0.1) is 0 Å². The molecule has 0 spiro atoms. The van der Waals surface area contributed by atoms with E-state index in [2.05, 4.69) is 10.6 Å². The van der Waals surface area contributed by atoms with Crippen LogP contribution in [0.4, 0.5) is 4.79 Å². The highest BCUT2D eigenvalue weighted by Gasteiger charge is 2.25.